The van der Waals surface area contributed by atoms with Gasteiger partial charge in [-0.15, -0.1) is 0 Å². The van der Waals surface area contributed by atoms with Crippen molar-refractivity contribution in [2.24, 2.45) is 17.8 Å². The van der Waals surface area contributed by atoms with Crippen LogP contribution in [-0.4, -0.2) is 54.7 Å². The van der Waals surface area contributed by atoms with Crippen LogP contribution in [0.5, 0.6) is 0 Å². The summed E-state index contributed by atoms with van der Waals surface area (Å²) in [7, 11) is 1.83. The molecule has 37 heavy (non-hydrogen) atoms. The Balaban J connectivity index is 1.39. The third-order valence-corrected chi connectivity index (χ3v) is 8.81. The molecule has 2 aliphatic carbocycles. The number of halogens is 3. The molecule has 4 rings (SSSR count). The van der Waals surface area contributed by atoms with Gasteiger partial charge >= 0.3 is 6.03 Å². The summed E-state index contributed by atoms with van der Waals surface area (Å²) in [5, 5.41) is 18.3. The Morgan fingerprint density at radius 1 is 1.19 bits per heavy atom. The van der Waals surface area contributed by atoms with Crippen LogP contribution in [0.4, 0.5) is 18.0 Å². The Morgan fingerprint density at radius 3 is 2.62 bits per heavy atom. The van der Waals surface area contributed by atoms with Gasteiger partial charge in [0.05, 0.1) is 5.60 Å². The lowest BCUT2D eigenvalue weighted by atomic mass is 9.74. The summed E-state index contributed by atoms with van der Waals surface area (Å²) in [4.78, 5) is 15.1. The zero-order valence-electron chi connectivity index (χ0n) is 22.2. The number of alkyl halides is 2. The smallest absolute Gasteiger partial charge is 0.317 e. The average molecular weight is 524 g/mol. The second kappa shape index (κ2) is 12.4. The number of carbonyl (C=O) groups excluding carboxylic acids is 1. The van der Waals surface area contributed by atoms with Crippen molar-refractivity contribution in [1.29, 1.82) is 0 Å². The predicted molar refractivity (Wildman–Crippen MR) is 139 cm³/mol. The summed E-state index contributed by atoms with van der Waals surface area (Å²) in [6.07, 6.45) is 8.06. The summed E-state index contributed by atoms with van der Waals surface area (Å²) in [6, 6.07) is 5.96. The first kappa shape index (κ1) is 28.2. The second-order valence-electron chi connectivity index (χ2n) is 11.8. The van der Waals surface area contributed by atoms with E-state index in [1.807, 2.05) is 7.05 Å². The molecule has 3 atom stereocenters. The van der Waals surface area contributed by atoms with Crippen molar-refractivity contribution >= 4 is 6.03 Å². The van der Waals surface area contributed by atoms with Crippen LogP contribution < -0.4 is 10.6 Å². The Labute approximate surface area is 219 Å². The number of urea groups is 1. The van der Waals surface area contributed by atoms with Crippen molar-refractivity contribution in [2.75, 3.05) is 26.7 Å². The van der Waals surface area contributed by atoms with Gasteiger partial charge < -0.3 is 20.6 Å². The molecule has 3 unspecified atom stereocenters. The van der Waals surface area contributed by atoms with Crippen molar-refractivity contribution in [3.8, 4) is 0 Å². The zero-order valence-corrected chi connectivity index (χ0v) is 22.2. The molecule has 208 valence electrons. The van der Waals surface area contributed by atoms with Crippen LogP contribution in [-0.2, 0) is 5.60 Å². The molecule has 0 radical (unpaired) electrons. The van der Waals surface area contributed by atoms with Gasteiger partial charge in [-0.3, -0.25) is 0 Å². The first-order valence-corrected chi connectivity index (χ1v) is 14.2. The molecule has 1 aromatic carbocycles. The SMILES string of the molecule is CNCC(CC1CCC(F)(F)CC1)NC(=O)N1CCCC(C(O)(CCCC2CC2)c2cccc(F)c2)C1. The van der Waals surface area contributed by atoms with E-state index in [0.717, 1.165) is 31.6 Å². The summed E-state index contributed by atoms with van der Waals surface area (Å²) in [6.45, 7) is 1.58. The zero-order chi connectivity index (χ0) is 26.5. The molecule has 1 aromatic rings. The fourth-order valence-corrected chi connectivity index (χ4v) is 6.40. The Hall–Kier alpha value is -1.80. The van der Waals surface area contributed by atoms with Gasteiger partial charge in [0, 0.05) is 44.4 Å². The molecule has 2 amide bonds. The minimum Gasteiger partial charge on any atom is -0.385 e. The van der Waals surface area contributed by atoms with Crippen molar-refractivity contribution < 1.29 is 23.1 Å². The van der Waals surface area contributed by atoms with E-state index < -0.39 is 11.5 Å². The van der Waals surface area contributed by atoms with Crippen molar-refractivity contribution in [3.05, 3.63) is 35.6 Å². The van der Waals surface area contributed by atoms with E-state index in [4.69, 9.17) is 0 Å². The molecule has 8 heteroatoms. The molecule has 3 fully saturated rings. The number of likely N-dealkylation sites (N-methyl/N-ethyl adjacent to an activating group) is 1. The molecular weight excluding hydrogens is 479 g/mol. The maximum absolute atomic E-state index is 14.1. The van der Waals surface area contributed by atoms with Crippen LogP contribution in [0.1, 0.15) is 82.6 Å². The normalized spacial score (nSPS) is 24.9. The lowest BCUT2D eigenvalue weighted by Gasteiger charge is -2.43. The van der Waals surface area contributed by atoms with Gasteiger partial charge in [0.25, 0.3) is 0 Å². The fraction of sp³-hybridized carbons (Fsp3) is 0.759. The molecule has 1 saturated heterocycles. The molecule has 1 aliphatic heterocycles. The molecule has 3 aliphatic rings. The highest BCUT2D eigenvalue weighted by Gasteiger charge is 2.42. The summed E-state index contributed by atoms with van der Waals surface area (Å²) in [5.41, 5.74) is -0.592. The van der Waals surface area contributed by atoms with Crippen LogP contribution in [0.15, 0.2) is 24.3 Å². The Bertz CT molecular complexity index is 887. The van der Waals surface area contributed by atoms with Gasteiger partial charge in [0.1, 0.15) is 5.82 Å². The predicted octanol–water partition coefficient (Wildman–Crippen LogP) is 5.82. The van der Waals surface area contributed by atoms with E-state index in [1.54, 1.807) is 17.0 Å². The van der Waals surface area contributed by atoms with Gasteiger partial charge in [0.15, 0.2) is 0 Å². The topological polar surface area (TPSA) is 64.6 Å². The first-order valence-electron chi connectivity index (χ1n) is 14.2. The number of carbonyl (C=O) groups is 1. The molecule has 0 spiro atoms. The molecule has 1 heterocycles. The summed E-state index contributed by atoms with van der Waals surface area (Å²) in [5.74, 6) is -2.17. The van der Waals surface area contributed by atoms with Gasteiger partial charge in [-0.2, -0.15) is 0 Å². The van der Waals surface area contributed by atoms with E-state index in [1.165, 1.54) is 25.0 Å². The molecule has 5 nitrogen and oxygen atoms in total. The minimum atomic E-state index is -2.56. The van der Waals surface area contributed by atoms with Crippen LogP contribution in [0.2, 0.25) is 0 Å². The van der Waals surface area contributed by atoms with Crippen LogP contribution in [0.3, 0.4) is 0 Å². The fourth-order valence-electron chi connectivity index (χ4n) is 6.40. The molecule has 3 N–H and O–H groups in total. The standard InChI is InChI=1S/C29H44F3N3O2/c1-33-19-26(17-22-11-14-28(31,32)15-12-22)34-27(36)35-16-4-7-24(20-35)29(37,13-3-5-21-9-10-21)23-6-2-8-25(30)18-23/h2,6,8,18,21-22,24,26,33,37H,3-5,7,9-17,19-20H2,1H3,(H,34,36). The lowest BCUT2D eigenvalue weighted by Crippen LogP contribution is -2.54. The number of benzene rings is 1. The van der Waals surface area contributed by atoms with E-state index in [-0.39, 0.29) is 42.6 Å². The van der Waals surface area contributed by atoms with Gasteiger partial charge in [-0.25, -0.2) is 18.0 Å². The second-order valence-corrected chi connectivity index (χ2v) is 11.8. The van der Waals surface area contributed by atoms with Gasteiger partial charge in [-0.1, -0.05) is 31.4 Å². The molecule has 2 saturated carbocycles. The largest absolute Gasteiger partial charge is 0.385 e. The molecular formula is C29H44F3N3O2. The summed E-state index contributed by atoms with van der Waals surface area (Å²) >= 11 is 0. The highest BCUT2D eigenvalue weighted by Crippen LogP contribution is 2.42. The number of rotatable bonds is 11. The number of amides is 2. The number of nitrogens with zero attached hydrogens (tertiary/aromatic N) is 1. The Kier molecular flexibility index (Phi) is 9.43. The number of hydrogen-bond donors (Lipinski definition) is 3. The number of piperidine rings is 1. The highest BCUT2D eigenvalue weighted by atomic mass is 19.3. The van der Waals surface area contributed by atoms with E-state index >= 15 is 0 Å². The minimum absolute atomic E-state index is 0.0783. The van der Waals surface area contributed by atoms with E-state index in [0.29, 0.717) is 50.9 Å². The highest BCUT2D eigenvalue weighted by molar-refractivity contribution is 5.74. The average Bonchev–Trinajstić information content (AvgIpc) is 3.70. The van der Waals surface area contributed by atoms with Crippen molar-refractivity contribution in [1.82, 2.24) is 15.5 Å². The van der Waals surface area contributed by atoms with E-state index in [9.17, 15) is 23.1 Å². The lowest BCUT2D eigenvalue weighted by molar-refractivity contribution is -0.0563. The number of hydrogen-bond acceptors (Lipinski definition) is 3. The quantitative estimate of drug-likeness (QED) is 0.343. The monoisotopic (exact) mass is 523 g/mol. The maximum Gasteiger partial charge on any atom is 0.317 e. The third-order valence-electron chi connectivity index (χ3n) is 8.81. The number of aliphatic hydroxyl groups is 1. The molecule has 0 aromatic heterocycles. The third kappa shape index (κ3) is 7.85. The van der Waals surface area contributed by atoms with Crippen LogP contribution in [0, 0.1) is 23.6 Å². The van der Waals surface area contributed by atoms with Crippen molar-refractivity contribution in [2.45, 2.75) is 94.6 Å². The van der Waals surface area contributed by atoms with Crippen LogP contribution >= 0.6 is 0 Å². The Morgan fingerprint density at radius 2 is 1.95 bits per heavy atom. The van der Waals surface area contributed by atoms with Crippen LogP contribution in [0.25, 0.3) is 0 Å². The molecule has 0 bridgehead atoms. The maximum atomic E-state index is 14.1. The van der Waals surface area contributed by atoms with Crippen molar-refractivity contribution in [3.63, 3.8) is 0 Å². The van der Waals surface area contributed by atoms with Gasteiger partial charge in [0.2, 0.25) is 5.92 Å². The number of nitrogens with one attached hydrogen (secondary N) is 2. The summed E-state index contributed by atoms with van der Waals surface area (Å²) < 4.78 is 41.3. The van der Waals surface area contributed by atoms with E-state index in [2.05, 4.69) is 10.6 Å². The first-order chi connectivity index (χ1) is 17.7. The van der Waals surface area contributed by atoms with Gasteiger partial charge in [-0.05, 0) is 81.5 Å². The number of likely N-dealkylation sites (tertiary alicyclic amines) is 1.